The number of fused-ring (bicyclic) bond motifs is 1. The minimum absolute atomic E-state index is 0.737. The van der Waals surface area contributed by atoms with E-state index in [0.29, 0.717) is 0 Å². The Hall–Kier alpha value is -2.45. The lowest BCUT2D eigenvalue weighted by Gasteiger charge is -2.03. The van der Waals surface area contributed by atoms with Crippen molar-refractivity contribution in [1.29, 1.82) is 0 Å². The van der Waals surface area contributed by atoms with Crippen molar-refractivity contribution >= 4 is 39.6 Å². The highest BCUT2D eigenvalue weighted by Crippen LogP contribution is 2.26. The molecule has 6 nitrogen and oxygen atoms in total. The summed E-state index contributed by atoms with van der Waals surface area (Å²) in [6.07, 6.45) is 0. The molecule has 0 bridgehead atoms. The van der Waals surface area contributed by atoms with Crippen LogP contribution in [0.3, 0.4) is 0 Å². The molecule has 0 saturated carbocycles. The van der Waals surface area contributed by atoms with E-state index >= 15 is 0 Å². The number of nitrogens with one attached hydrogen (secondary N) is 1. The van der Waals surface area contributed by atoms with Crippen molar-refractivity contribution in [3.05, 3.63) is 59.0 Å². The van der Waals surface area contributed by atoms with Gasteiger partial charge in [-0.2, -0.15) is 0 Å². The number of anilines is 2. The van der Waals surface area contributed by atoms with Crippen LogP contribution in [0.15, 0.2) is 46.9 Å². The van der Waals surface area contributed by atoms with Crippen molar-refractivity contribution in [3.8, 4) is 0 Å². The second-order valence-electron chi connectivity index (χ2n) is 5.54. The van der Waals surface area contributed by atoms with Gasteiger partial charge in [0.05, 0.1) is 5.69 Å². The van der Waals surface area contributed by atoms with Gasteiger partial charge in [-0.05, 0) is 26.0 Å². The van der Waals surface area contributed by atoms with Gasteiger partial charge in [0, 0.05) is 28.6 Å². The Balaban J connectivity index is 1.47. The fraction of sp³-hybridized carbons (Fsp3) is 0.176. The third-order valence-corrected chi connectivity index (χ3v) is 5.35. The molecule has 0 saturated heterocycles. The number of hydrogen-bond donors (Lipinski definition) is 1. The third-order valence-electron chi connectivity index (χ3n) is 3.58. The van der Waals surface area contributed by atoms with E-state index in [2.05, 4.69) is 30.9 Å². The number of thiazole rings is 1. The first-order chi connectivity index (χ1) is 12.2. The minimum atomic E-state index is 0.737. The Morgan fingerprint density at radius 2 is 1.96 bits per heavy atom. The zero-order valence-corrected chi connectivity index (χ0v) is 15.4. The Labute approximate surface area is 153 Å². The van der Waals surface area contributed by atoms with E-state index in [-0.39, 0.29) is 0 Å². The molecule has 0 unspecified atom stereocenters. The van der Waals surface area contributed by atoms with E-state index in [1.807, 2.05) is 54.6 Å². The number of benzene rings is 1. The van der Waals surface area contributed by atoms with Crippen molar-refractivity contribution in [2.24, 2.45) is 0 Å². The van der Waals surface area contributed by atoms with Crippen LogP contribution < -0.4 is 5.32 Å². The van der Waals surface area contributed by atoms with Crippen LogP contribution in [0.25, 0.3) is 5.65 Å². The normalized spacial score (nSPS) is 11.1. The molecule has 1 N–H and O–H groups in total. The second kappa shape index (κ2) is 6.81. The van der Waals surface area contributed by atoms with Crippen LogP contribution in [0, 0.1) is 13.8 Å². The van der Waals surface area contributed by atoms with Gasteiger partial charge in [0.2, 0.25) is 0 Å². The highest BCUT2D eigenvalue weighted by molar-refractivity contribution is 7.98. The maximum atomic E-state index is 4.64. The topological polar surface area (TPSA) is 68.0 Å². The molecule has 126 valence electrons. The van der Waals surface area contributed by atoms with Crippen molar-refractivity contribution in [2.75, 3.05) is 5.32 Å². The molecular weight excluding hydrogens is 352 g/mol. The SMILES string of the molecule is Cc1cc2nnc(SCc3csc(Nc4ccccc4)n3)n2c(C)n1. The van der Waals surface area contributed by atoms with Crippen molar-refractivity contribution < 1.29 is 0 Å². The standard InChI is InChI=1S/C17H16N6S2/c1-11-8-15-21-22-17(23(15)12(2)18-11)25-10-14-9-24-16(20-14)19-13-6-4-3-5-7-13/h3-9H,10H2,1-2H3,(H,19,20). The molecule has 0 fully saturated rings. The molecule has 0 spiro atoms. The summed E-state index contributed by atoms with van der Waals surface area (Å²) < 4.78 is 1.98. The molecule has 4 rings (SSSR count). The monoisotopic (exact) mass is 368 g/mol. The average molecular weight is 368 g/mol. The molecule has 25 heavy (non-hydrogen) atoms. The van der Waals surface area contributed by atoms with Crippen LogP contribution in [0.4, 0.5) is 10.8 Å². The minimum Gasteiger partial charge on any atom is -0.332 e. The summed E-state index contributed by atoms with van der Waals surface area (Å²) in [6, 6.07) is 12.0. The van der Waals surface area contributed by atoms with E-state index < -0.39 is 0 Å². The molecule has 8 heteroatoms. The highest BCUT2D eigenvalue weighted by Gasteiger charge is 2.11. The van der Waals surface area contributed by atoms with Gasteiger partial charge in [0.25, 0.3) is 0 Å². The molecule has 0 aliphatic carbocycles. The molecule has 0 amide bonds. The molecule has 0 radical (unpaired) electrons. The van der Waals surface area contributed by atoms with Crippen molar-refractivity contribution in [2.45, 2.75) is 24.8 Å². The zero-order valence-electron chi connectivity index (χ0n) is 13.8. The van der Waals surface area contributed by atoms with Crippen LogP contribution in [0.5, 0.6) is 0 Å². The van der Waals surface area contributed by atoms with E-state index in [1.165, 1.54) is 0 Å². The van der Waals surface area contributed by atoms with Gasteiger partial charge >= 0.3 is 0 Å². The van der Waals surface area contributed by atoms with E-state index in [9.17, 15) is 0 Å². The van der Waals surface area contributed by atoms with Gasteiger partial charge < -0.3 is 5.32 Å². The maximum absolute atomic E-state index is 4.64. The van der Waals surface area contributed by atoms with Crippen molar-refractivity contribution in [1.82, 2.24) is 24.6 Å². The summed E-state index contributed by atoms with van der Waals surface area (Å²) in [5.41, 5.74) is 3.83. The summed E-state index contributed by atoms with van der Waals surface area (Å²) in [4.78, 5) is 9.12. The lowest BCUT2D eigenvalue weighted by atomic mass is 10.3. The third kappa shape index (κ3) is 3.49. The summed E-state index contributed by atoms with van der Waals surface area (Å²) in [6.45, 7) is 3.93. The van der Waals surface area contributed by atoms with Gasteiger partial charge in [-0.25, -0.2) is 9.97 Å². The van der Waals surface area contributed by atoms with Crippen LogP contribution >= 0.6 is 23.1 Å². The zero-order chi connectivity index (χ0) is 17.2. The molecule has 0 aliphatic rings. The van der Waals surface area contributed by atoms with Crippen LogP contribution in [0.1, 0.15) is 17.2 Å². The summed E-state index contributed by atoms with van der Waals surface area (Å²) in [7, 11) is 0. The van der Waals surface area contributed by atoms with Crippen molar-refractivity contribution in [3.63, 3.8) is 0 Å². The van der Waals surface area contributed by atoms with E-state index in [1.54, 1.807) is 23.1 Å². The number of para-hydroxylation sites is 1. The number of hydrogen-bond acceptors (Lipinski definition) is 7. The first-order valence-corrected chi connectivity index (χ1v) is 9.64. The average Bonchev–Trinajstić information content (AvgIpc) is 3.20. The fourth-order valence-corrected chi connectivity index (χ4v) is 4.23. The molecule has 3 heterocycles. The fourth-order valence-electron chi connectivity index (χ4n) is 2.51. The molecule has 0 aliphatic heterocycles. The number of rotatable bonds is 5. The number of aromatic nitrogens is 5. The van der Waals surface area contributed by atoms with E-state index in [0.717, 1.165) is 44.6 Å². The first kappa shape index (κ1) is 16.0. The van der Waals surface area contributed by atoms with Gasteiger partial charge in [-0.1, -0.05) is 30.0 Å². The number of thioether (sulfide) groups is 1. The number of nitrogens with zero attached hydrogens (tertiary/aromatic N) is 5. The Kier molecular flexibility index (Phi) is 4.37. The quantitative estimate of drug-likeness (QED) is 0.532. The summed E-state index contributed by atoms with van der Waals surface area (Å²) in [5.74, 6) is 1.63. The van der Waals surface area contributed by atoms with Gasteiger partial charge in [-0.3, -0.25) is 4.40 Å². The predicted molar refractivity (Wildman–Crippen MR) is 102 cm³/mol. The summed E-state index contributed by atoms with van der Waals surface area (Å²) in [5, 5.41) is 15.6. The molecule has 0 atom stereocenters. The smallest absolute Gasteiger partial charge is 0.197 e. The lowest BCUT2D eigenvalue weighted by molar-refractivity contribution is 0.854. The molecule has 1 aromatic carbocycles. The molecular formula is C17H16N6S2. The van der Waals surface area contributed by atoms with Crippen LogP contribution in [-0.2, 0) is 5.75 Å². The Bertz CT molecular complexity index is 1010. The Morgan fingerprint density at radius 1 is 1.12 bits per heavy atom. The Morgan fingerprint density at radius 3 is 2.80 bits per heavy atom. The van der Waals surface area contributed by atoms with E-state index in [4.69, 9.17) is 0 Å². The van der Waals surface area contributed by atoms with Gasteiger partial charge in [0.15, 0.2) is 15.9 Å². The highest BCUT2D eigenvalue weighted by atomic mass is 32.2. The van der Waals surface area contributed by atoms with Gasteiger partial charge in [-0.15, -0.1) is 21.5 Å². The molecule has 3 aromatic heterocycles. The molecule has 4 aromatic rings. The van der Waals surface area contributed by atoms with Crippen LogP contribution in [-0.4, -0.2) is 24.6 Å². The van der Waals surface area contributed by atoms with Gasteiger partial charge in [0.1, 0.15) is 5.82 Å². The predicted octanol–water partition coefficient (Wildman–Crippen LogP) is 4.23. The largest absolute Gasteiger partial charge is 0.332 e. The van der Waals surface area contributed by atoms with Crippen LogP contribution in [0.2, 0.25) is 0 Å². The maximum Gasteiger partial charge on any atom is 0.197 e. The first-order valence-electron chi connectivity index (χ1n) is 7.78. The second-order valence-corrected chi connectivity index (χ2v) is 7.35. The number of aryl methyl sites for hydroxylation is 2. The summed E-state index contributed by atoms with van der Waals surface area (Å²) >= 11 is 3.21. The lowest BCUT2D eigenvalue weighted by Crippen LogP contribution is -1.98.